The highest BCUT2D eigenvalue weighted by Crippen LogP contribution is 2.27. The fourth-order valence-corrected chi connectivity index (χ4v) is 1.66. The lowest BCUT2D eigenvalue weighted by Crippen LogP contribution is -1.94. The number of aromatic nitrogens is 1. The van der Waals surface area contributed by atoms with Gasteiger partial charge in [0.15, 0.2) is 0 Å². The van der Waals surface area contributed by atoms with Crippen LogP contribution in [0.3, 0.4) is 0 Å². The first-order valence-corrected chi connectivity index (χ1v) is 5.79. The molecule has 0 spiro atoms. The molecule has 0 saturated heterocycles. The molecule has 0 atom stereocenters. The predicted molar refractivity (Wildman–Crippen MR) is 70.0 cm³/mol. The van der Waals surface area contributed by atoms with Crippen molar-refractivity contribution in [3.05, 3.63) is 52.2 Å². The molecule has 0 unspecified atom stereocenters. The summed E-state index contributed by atoms with van der Waals surface area (Å²) in [5.41, 5.74) is 2.21. The molecule has 0 saturated carbocycles. The van der Waals surface area contributed by atoms with Crippen LogP contribution in [0.4, 0.5) is 0 Å². The van der Waals surface area contributed by atoms with Crippen molar-refractivity contribution >= 4 is 11.6 Å². The van der Waals surface area contributed by atoms with Gasteiger partial charge in [-0.15, -0.1) is 0 Å². The predicted octanol–water partition coefficient (Wildman–Crippen LogP) is 4.02. The van der Waals surface area contributed by atoms with E-state index in [2.05, 4.69) is 11.1 Å². The third kappa shape index (κ3) is 2.44. The highest BCUT2D eigenvalue weighted by Gasteiger charge is 2.09. The summed E-state index contributed by atoms with van der Waals surface area (Å²) in [6.07, 6.45) is 1.62. The van der Waals surface area contributed by atoms with Gasteiger partial charge in [-0.3, -0.25) is 0 Å². The van der Waals surface area contributed by atoms with Crippen LogP contribution in [0, 0.1) is 25.2 Å². The number of benzene rings is 1. The molecule has 0 aliphatic heterocycles. The number of rotatable bonds is 2. The van der Waals surface area contributed by atoms with Crippen LogP contribution in [0.5, 0.6) is 11.6 Å². The van der Waals surface area contributed by atoms with Crippen molar-refractivity contribution in [2.24, 2.45) is 0 Å². The molecule has 0 amide bonds. The SMILES string of the molecule is Cc1cc(Oc2nccc(C)c2C#N)ccc1Cl. The van der Waals surface area contributed by atoms with E-state index in [1.54, 1.807) is 24.4 Å². The van der Waals surface area contributed by atoms with Gasteiger partial charge < -0.3 is 4.74 Å². The minimum Gasteiger partial charge on any atom is -0.438 e. The number of aryl methyl sites for hydroxylation is 2. The van der Waals surface area contributed by atoms with E-state index >= 15 is 0 Å². The van der Waals surface area contributed by atoms with Crippen LogP contribution < -0.4 is 4.74 Å². The summed E-state index contributed by atoms with van der Waals surface area (Å²) in [5, 5.41) is 9.77. The third-order valence-corrected chi connectivity index (χ3v) is 3.00. The van der Waals surface area contributed by atoms with Crippen molar-refractivity contribution in [2.45, 2.75) is 13.8 Å². The Kier molecular flexibility index (Phi) is 3.50. The van der Waals surface area contributed by atoms with Gasteiger partial charge in [0.05, 0.1) is 0 Å². The van der Waals surface area contributed by atoms with Crippen molar-refractivity contribution in [3.63, 3.8) is 0 Å². The number of nitriles is 1. The summed E-state index contributed by atoms with van der Waals surface area (Å²) in [4.78, 5) is 4.08. The molecular formula is C14H11ClN2O. The smallest absolute Gasteiger partial charge is 0.237 e. The highest BCUT2D eigenvalue weighted by atomic mass is 35.5. The van der Waals surface area contributed by atoms with E-state index in [9.17, 15) is 0 Å². The summed E-state index contributed by atoms with van der Waals surface area (Å²) >= 11 is 5.94. The van der Waals surface area contributed by atoms with Gasteiger partial charge >= 0.3 is 0 Å². The molecule has 1 aromatic carbocycles. The maximum absolute atomic E-state index is 9.08. The molecule has 2 rings (SSSR count). The van der Waals surface area contributed by atoms with Gasteiger partial charge in [0.1, 0.15) is 17.4 Å². The van der Waals surface area contributed by atoms with Crippen molar-refractivity contribution in [3.8, 4) is 17.7 Å². The average Bonchev–Trinajstić information content (AvgIpc) is 2.34. The highest BCUT2D eigenvalue weighted by molar-refractivity contribution is 6.31. The van der Waals surface area contributed by atoms with Crippen molar-refractivity contribution < 1.29 is 4.74 Å². The number of hydrogen-bond acceptors (Lipinski definition) is 3. The Balaban J connectivity index is 2.37. The van der Waals surface area contributed by atoms with Gasteiger partial charge in [-0.25, -0.2) is 4.98 Å². The zero-order valence-electron chi connectivity index (χ0n) is 10.1. The van der Waals surface area contributed by atoms with Crippen LogP contribution in [0.15, 0.2) is 30.5 Å². The van der Waals surface area contributed by atoms with Gasteiger partial charge in [-0.05, 0) is 49.2 Å². The van der Waals surface area contributed by atoms with Crippen molar-refractivity contribution in [1.82, 2.24) is 4.98 Å². The first kappa shape index (κ1) is 12.4. The van der Waals surface area contributed by atoms with E-state index in [0.717, 1.165) is 11.1 Å². The lowest BCUT2D eigenvalue weighted by atomic mass is 10.2. The molecule has 90 valence electrons. The molecule has 0 bridgehead atoms. The average molecular weight is 259 g/mol. The zero-order valence-corrected chi connectivity index (χ0v) is 10.8. The number of nitrogens with zero attached hydrogens (tertiary/aromatic N) is 2. The number of hydrogen-bond donors (Lipinski definition) is 0. The van der Waals surface area contributed by atoms with Crippen molar-refractivity contribution in [2.75, 3.05) is 0 Å². The molecular weight excluding hydrogens is 248 g/mol. The zero-order chi connectivity index (χ0) is 13.1. The second-order valence-electron chi connectivity index (χ2n) is 3.93. The van der Waals surface area contributed by atoms with Gasteiger partial charge in [0.2, 0.25) is 5.88 Å². The number of ether oxygens (including phenoxy) is 1. The first-order valence-electron chi connectivity index (χ1n) is 5.41. The summed E-state index contributed by atoms with van der Waals surface area (Å²) in [5.74, 6) is 0.936. The molecule has 18 heavy (non-hydrogen) atoms. The van der Waals surface area contributed by atoms with E-state index < -0.39 is 0 Å². The second-order valence-corrected chi connectivity index (χ2v) is 4.34. The van der Waals surface area contributed by atoms with E-state index in [1.165, 1.54) is 0 Å². The van der Waals surface area contributed by atoms with Gasteiger partial charge in [-0.1, -0.05) is 11.6 Å². The fraction of sp³-hybridized carbons (Fsp3) is 0.143. The van der Waals surface area contributed by atoms with E-state index in [-0.39, 0.29) is 0 Å². The standard InChI is InChI=1S/C14H11ClN2O/c1-9-5-6-17-14(12(9)8-16)18-11-3-4-13(15)10(2)7-11/h3-7H,1-2H3. The van der Waals surface area contributed by atoms with Crippen LogP contribution >= 0.6 is 11.6 Å². The molecule has 0 fully saturated rings. The molecule has 0 radical (unpaired) electrons. The molecule has 1 heterocycles. The van der Waals surface area contributed by atoms with Gasteiger partial charge in [0, 0.05) is 11.2 Å². The molecule has 4 heteroatoms. The summed E-state index contributed by atoms with van der Waals surface area (Å²) in [6, 6.07) is 9.19. The summed E-state index contributed by atoms with van der Waals surface area (Å²) in [7, 11) is 0. The number of pyridine rings is 1. The Hall–Kier alpha value is -2.05. The quantitative estimate of drug-likeness (QED) is 0.817. The largest absolute Gasteiger partial charge is 0.438 e. The lowest BCUT2D eigenvalue weighted by Gasteiger charge is -2.08. The first-order chi connectivity index (χ1) is 8.61. The third-order valence-electron chi connectivity index (χ3n) is 2.58. The Labute approximate surface area is 111 Å². The number of halogens is 1. The van der Waals surface area contributed by atoms with Crippen LogP contribution in [0.2, 0.25) is 5.02 Å². The molecule has 1 aromatic heterocycles. The molecule has 2 aromatic rings. The monoisotopic (exact) mass is 258 g/mol. The maximum atomic E-state index is 9.08. The Morgan fingerprint density at radius 3 is 2.67 bits per heavy atom. The second kappa shape index (κ2) is 5.07. The van der Waals surface area contributed by atoms with E-state index in [0.29, 0.717) is 22.2 Å². The Morgan fingerprint density at radius 2 is 2.00 bits per heavy atom. The fourth-order valence-electron chi connectivity index (χ4n) is 1.54. The Bertz CT molecular complexity index is 632. The van der Waals surface area contributed by atoms with Crippen LogP contribution in [-0.2, 0) is 0 Å². The molecule has 3 nitrogen and oxygen atoms in total. The normalized spacial score (nSPS) is 9.89. The van der Waals surface area contributed by atoms with Crippen LogP contribution in [0.1, 0.15) is 16.7 Å². The van der Waals surface area contributed by atoms with Gasteiger partial charge in [-0.2, -0.15) is 5.26 Å². The molecule has 0 aliphatic rings. The molecule has 0 N–H and O–H groups in total. The van der Waals surface area contributed by atoms with E-state index in [1.807, 2.05) is 19.9 Å². The minimum absolute atomic E-state index is 0.319. The maximum Gasteiger partial charge on any atom is 0.237 e. The van der Waals surface area contributed by atoms with Crippen LogP contribution in [-0.4, -0.2) is 4.98 Å². The van der Waals surface area contributed by atoms with Crippen molar-refractivity contribution in [1.29, 1.82) is 5.26 Å². The summed E-state index contributed by atoms with van der Waals surface area (Å²) in [6.45, 7) is 3.74. The van der Waals surface area contributed by atoms with Crippen LogP contribution in [0.25, 0.3) is 0 Å². The topological polar surface area (TPSA) is 45.9 Å². The summed E-state index contributed by atoms with van der Waals surface area (Å²) < 4.78 is 5.62. The minimum atomic E-state index is 0.319. The van der Waals surface area contributed by atoms with Gasteiger partial charge in [0.25, 0.3) is 0 Å². The Morgan fingerprint density at radius 1 is 1.22 bits per heavy atom. The lowest BCUT2D eigenvalue weighted by molar-refractivity contribution is 0.460. The molecule has 0 aliphatic carbocycles. The van der Waals surface area contributed by atoms with E-state index in [4.69, 9.17) is 21.6 Å².